The first-order valence-electron chi connectivity index (χ1n) is 6.37. The van der Waals surface area contributed by atoms with Gasteiger partial charge in [0.1, 0.15) is 11.6 Å². The molecule has 1 aromatic carbocycles. The molecule has 0 aliphatic heterocycles. The Morgan fingerprint density at radius 3 is 2.67 bits per heavy atom. The van der Waals surface area contributed by atoms with Gasteiger partial charge in [0.15, 0.2) is 0 Å². The summed E-state index contributed by atoms with van der Waals surface area (Å²) in [5.41, 5.74) is 0.342. The quantitative estimate of drug-likeness (QED) is 0.787. The van der Waals surface area contributed by atoms with E-state index in [0.717, 1.165) is 25.0 Å². The Bertz CT molecular complexity index is 371. The van der Waals surface area contributed by atoms with Crippen molar-refractivity contribution in [1.82, 2.24) is 5.32 Å². The van der Waals surface area contributed by atoms with Crippen molar-refractivity contribution in [3.63, 3.8) is 0 Å². The van der Waals surface area contributed by atoms with Crippen LogP contribution in [0, 0.1) is 17.6 Å². The van der Waals surface area contributed by atoms with Gasteiger partial charge in [-0.3, -0.25) is 0 Å². The average molecular weight is 257 g/mol. The summed E-state index contributed by atoms with van der Waals surface area (Å²) in [6.07, 6.45) is 1.67. The Balaban J connectivity index is 2.59. The zero-order valence-electron chi connectivity index (χ0n) is 10.9. The number of aliphatic hydroxyl groups excluding tert-OH is 1. The first-order chi connectivity index (χ1) is 8.58. The molecule has 1 aromatic rings. The van der Waals surface area contributed by atoms with E-state index in [9.17, 15) is 8.78 Å². The van der Waals surface area contributed by atoms with Crippen molar-refractivity contribution in [1.29, 1.82) is 0 Å². The van der Waals surface area contributed by atoms with Crippen molar-refractivity contribution >= 4 is 0 Å². The van der Waals surface area contributed by atoms with Crippen LogP contribution in [0.3, 0.4) is 0 Å². The maximum atomic E-state index is 13.5. The smallest absolute Gasteiger partial charge is 0.128 e. The number of nitrogens with one attached hydrogen (secondary N) is 1. The van der Waals surface area contributed by atoms with Gasteiger partial charge < -0.3 is 10.4 Å². The second-order valence-electron chi connectivity index (χ2n) is 4.58. The summed E-state index contributed by atoms with van der Waals surface area (Å²) < 4.78 is 26.6. The van der Waals surface area contributed by atoms with Crippen molar-refractivity contribution in [3.05, 3.63) is 35.4 Å². The van der Waals surface area contributed by atoms with Gasteiger partial charge in [0, 0.05) is 18.2 Å². The summed E-state index contributed by atoms with van der Waals surface area (Å²) in [7, 11) is 0. The van der Waals surface area contributed by atoms with Gasteiger partial charge in [-0.25, -0.2) is 8.78 Å². The molecule has 18 heavy (non-hydrogen) atoms. The van der Waals surface area contributed by atoms with Crippen molar-refractivity contribution < 1.29 is 13.9 Å². The molecule has 0 radical (unpaired) electrons. The molecule has 2 nitrogen and oxygen atoms in total. The summed E-state index contributed by atoms with van der Waals surface area (Å²) in [5, 5.41) is 12.1. The molecule has 0 aliphatic rings. The van der Waals surface area contributed by atoms with Crippen LogP contribution < -0.4 is 5.32 Å². The van der Waals surface area contributed by atoms with E-state index < -0.39 is 11.6 Å². The van der Waals surface area contributed by atoms with Crippen LogP contribution in [0.2, 0.25) is 0 Å². The third-order valence-corrected chi connectivity index (χ3v) is 3.25. The Morgan fingerprint density at radius 1 is 1.33 bits per heavy atom. The second-order valence-corrected chi connectivity index (χ2v) is 4.58. The van der Waals surface area contributed by atoms with E-state index in [2.05, 4.69) is 12.2 Å². The predicted molar refractivity (Wildman–Crippen MR) is 68.3 cm³/mol. The molecular formula is C14H21F2NO. The summed E-state index contributed by atoms with van der Waals surface area (Å²) in [6.45, 7) is 4.70. The molecule has 4 heteroatoms. The summed E-state index contributed by atoms with van der Waals surface area (Å²) >= 11 is 0. The van der Waals surface area contributed by atoms with Crippen molar-refractivity contribution in [3.8, 4) is 0 Å². The Morgan fingerprint density at radius 2 is 2.06 bits per heavy atom. The van der Waals surface area contributed by atoms with E-state index in [4.69, 9.17) is 5.11 Å². The number of benzene rings is 1. The highest BCUT2D eigenvalue weighted by Crippen LogP contribution is 2.18. The van der Waals surface area contributed by atoms with Crippen molar-refractivity contribution in [2.24, 2.45) is 5.92 Å². The summed E-state index contributed by atoms with van der Waals surface area (Å²) in [4.78, 5) is 0. The number of aliphatic hydroxyl groups is 1. The molecule has 2 unspecified atom stereocenters. The standard InChI is InChI=1S/C14H21F2NO/c1-3-11(6-7-18)9-17-10(2)13-8-12(15)4-5-14(13)16/h4-5,8,10-11,17-18H,3,6-7,9H2,1-2H3. The third-order valence-electron chi connectivity index (χ3n) is 3.25. The Kier molecular flexibility index (Phi) is 6.22. The largest absolute Gasteiger partial charge is 0.396 e. The molecule has 0 saturated carbocycles. The lowest BCUT2D eigenvalue weighted by Crippen LogP contribution is -2.26. The Hall–Kier alpha value is -1.00. The van der Waals surface area contributed by atoms with Gasteiger partial charge in [0.2, 0.25) is 0 Å². The summed E-state index contributed by atoms with van der Waals surface area (Å²) in [6, 6.07) is 3.24. The maximum Gasteiger partial charge on any atom is 0.128 e. The van der Waals surface area contributed by atoms with E-state index in [1.165, 1.54) is 6.07 Å². The molecule has 0 fully saturated rings. The fraction of sp³-hybridized carbons (Fsp3) is 0.571. The van der Waals surface area contributed by atoms with Gasteiger partial charge >= 0.3 is 0 Å². The van der Waals surface area contributed by atoms with Gasteiger partial charge in [-0.1, -0.05) is 13.3 Å². The zero-order valence-corrected chi connectivity index (χ0v) is 10.9. The number of halogens is 2. The number of hydrogen-bond donors (Lipinski definition) is 2. The molecule has 0 spiro atoms. The van der Waals surface area contributed by atoms with Crippen molar-refractivity contribution in [2.75, 3.05) is 13.2 Å². The van der Waals surface area contributed by atoms with E-state index in [0.29, 0.717) is 18.0 Å². The molecule has 0 bridgehead atoms. The minimum absolute atomic E-state index is 0.156. The van der Waals surface area contributed by atoms with Crippen LogP contribution in [-0.2, 0) is 0 Å². The predicted octanol–water partition coefficient (Wildman–Crippen LogP) is 3.02. The number of rotatable bonds is 7. The fourth-order valence-corrected chi connectivity index (χ4v) is 1.93. The molecule has 0 saturated heterocycles. The Labute approximate surface area is 107 Å². The van der Waals surface area contributed by atoms with Crippen LogP contribution in [0.4, 0.5) is 8.78 Å². The minimum Gasteiger partial charge on any atom is -0.396 e. The maximum absolute atomic E-state index is 13.5. The zero-order chi connectivity index (χ0) is 13.5. The van der Waals surface area contributed by atoms with E-state index in [1.807, 2.05) is 6.92 Å². The highest BCUT2D eigenvalue weighted by Gasteiger charge is 2.13. The van der Waals surface area contributed by atoms with Crippen LogP contribution in [0.5, 0.6) is 0 Å². The molecule has 1 rings (SSSR count). The van der Waals surface area contributed by atoms with Crippen LogP contribution in [-0.4, -0.2) is 18.3 Å². The van der Waals surface area contributed by atoms with Crippen LogP contribution in [0.15, 0.2) is 18.2 Å². The molecule has 0 aliphatic carbocycles. The molecule has 0 aromatic heterocycles. The molecular weight excluding hydrogens is 236 g/mol. The first kappa shape index (κ1) is 15.1. The number of hydrogen-bond acceptors (Lipinski definition) is 2. The van der Waals surface area contributed by atoms with E-state index >= 15 is 0 Å². The van der Waals surface area contributed by atoms with E-state index in [1.54, 1.807) is 0 Å². The lowest BCUT2D eigenvalue weighted by Gasteiger charge is -2.19. The minimum atomic E-state index is -0.428. The molecule has 2 N–H and O–H groups in total. The topological polar surface area (TPSA) is 32.3 Å². The molecule has 0 amide bonds. The van der Waals surface area contributed by atoms with Gasteiger partial charge in [-0.05, 0) is 44.0 Å². The highest BCUT2D eigenvalue weighted by molar-refractivity contribution is 5.21. The molecule has 0 heterocycles. The fourth-order valence-electron chi connectivity index (χ4n) is 1.93. The summed E-state index contributed by atoms with van der Waals surface area (Å²) in [5.74, 6) is -0.469. The van der Waals surface area contributed by atoms with Crippen LogP contribution >= 0.6 is 0 Å². The van der Waals surface area contributed by atoms with Crippen LogP contribution in [0.25, 0.3) is 0 Å². The lowest BCUT2D eigenvalue weighted by molar-refractivity contribution is 0.249. The SMILES string of the molecule is CCC(CCO)CNC(C)c1cc(F)ccc1F. The van der Waals surface area contributed by atoms with Crippen LogP contribution in [0.1, 0.15) is 38.3 Å². The van der Waals surface area contributed by atoms with Gasteiger partial charge in [0.05, 0.1) is 0 Å². The normalized spacial score (nSPS) is 14.5. The van der Waals surface area contributed by atoms with Gasteiger partial charge in [-0.2, -0.15) is 0 Å². The second kappa shape index (κ2) is 7.44. The van der Waals surface area contributed by atoms with Gasteiger partial charge in [0.25, 0.3) is 0 Å². The monoisotopic (exact) mass is 257 g/mol. The highest BCUT2D eigenvalue weighted by atomic mass is 19.1. The van der Waals surface area contributed by atoms with Crippen molar-refractivity contribution in [2.45, 2.75) is 32.7 Å². The van der Waals surface area contributed by atoms with Gasteiger partial charge in [-0.15, -0.1) is 0 Å². The lowest BCUT2D eigenvalue weighted by atomic mass is 10.0. The van der Waals surface area contributed by atoms with E-state index in [-0.39, 0.29) is 12.6 Å². The molecule has 2 atom stereocenters. The third kappa shape index (κ3) is 4.35. The first-order valence-corrected chi connectivity index (χ1v) is 6.37. The molecule has 102 valence electrons. The average Bonchev–Trinajstić information content (AvgIpc) is 2.37.